The van der Waals surface area contributed by atoms with Crippen LogP contribution in [-0.2, 0) is 4.79 Å². The second kappa shape index (κ2) is 8.22. The standard InChI is InChI=1S/C19H22BrN3O2S/c1-14-4-3-5-15(12-14)22-8-10-23(11-9-22)18(24)13-21(2)19(25)16-6-7-17(20)26-16/h3-7,12H,8-11,13H2,1-2H3. The molecule has 2 heterocycles. The molecular formula is C19H22BrN3O2S. The highest BCUT2D eigenvalue weighted by molar-refractivity contribution is 9.11. The fourth-order valence-corrected chi connectivity index (χ4v) is 4.41. The lowest BCUT2D eigenvalue weighted by molar-refractivity contribution is -0.131. The lowest BCUT2D eigenvalue weighted by atomic mass is 10.2. The van der Waals surface area contributed by atoms with Gasteiger partial charge in [-0.1, -0.05) is 12.1 Å². The van der Waals surface area contributed by atoms with Crippen molar-refractivity contribution in [3.8, 4) is 0 Å². The van der Waals surface area contributed by atoms with Crippen molar-refractivity contribution in [2.24, 2.45) is 0 Å². The van der Waals surface area contributed by atoms with Crippen molar-refractivity contribution in [2.45, 2.75) is 6.92 Å². The van der Waals surface area contributed by atoms with Gasteiger partial charge in [-0.15, -0.1) is 11.3 Å². The maximum absolute atomic E-state index is 12.6. The number of aryl methyl sites for hydroxylation is 1. The van der Waals surface area contributed by atoms with Crippen LogP contribution in [0.4, 0.5) is 5.69 Å². The summed E-state index contributed by atoms with van der Waals surface area (Å²) in [4.78, 5) is 31.2. The molecule has 0 spiro atoms. The van der Waals surface area contributed by atoms with Gasteiger partial charge in [-0.25, -0.2) is 0 Å². The SMILES string of the molecule is Cc1cccc(N2CCN(C(=O)CN(C)C(=O)c3ccc(Br)s3)CC2)c1. The molecule has 1 saturated heterocycles. The van der Waals surface area contributed by atoms with Gasteiger partial charge in [-0.3, -0.25) is 9.59 Å². The second-order valence-electron chi connectivity index (χ2n) is 6.47. The number of thiophene rings is 1. The molecule has 0 atom stereocenters. The van der Waals surface area contributed by atoms with E-state index >= 15 is 0 Å². The molecule has 5 nitrogen and oxygen atoms in total. The highest BCUT2D eigenvalue weighted by Crippen LogP contribution is 2.23. The topological polar surface area (TPSA) is 43.9 Å². The second-order valence-corrected chi connectivity index (χ2v) is 8.93. The molecule has 0 unspecified atom stereocenters. The zero-order valence-corrected chi connectivity index (χ0v) is 17.3. The van der Waals surface area contributed by atoms with E-state index in [1.807, 2.05) is 11.0 Å². The number of hydrogen-bond donors (Lipinski definition) is 0. The molecule has 3 rings (SSSR count). The van der Waals surface area contributed by atoms with Crippen molar-refractivity contribution < 1.29 is 9.59 Å². The third kappa shape index (κ3) is 4.45. The van der Waals surface area contributed by atoms with Gasteiger partial charge in [0.15, 0.2) is 0 Å². The van der Waals surface area contributed by atoms with Crippen LogP contribution >= 0.6 is 27.3 Å². The summed E-state index contributed by atoms with van der Waals surface area (Å²) in [7, 11) is 1.68. The normalized spacial score (nSPS) is 14.4. The molecule has 7 heteroatoms. The predicted octanol–water partition coefficient (Wildman–Crippen LogP) is 3.24. The number of carbonyl (C=O) groups is 2. The number of benzene rings is 1. The Bertz CT molecular complexity index is 800. The fourth-order valence-electron chi connectivity index (χ4n) is 3.03. The molecule has 2 amide bonds. The van der Waals surface area contributed by atoms with Crippen molar-refractivity contribution in [1.82, 2.24) is 9.80 Å². The van der Waals surface area contributed by atoms with Crippen LogP contribution in [0.5, 0.6) is 0 Å². The lowest BCUT2D eigenvalue weighted by Gasteiger charge is -2.36. The first-order valence-corrected chi connectivity index (χ1v) is 10.1. The molecular weight excluding hydrogens is 414 g/mol. The summed E-state index contributed by atoms with van der Waals surface area (Å²) in [5.74, 6) is -0.118. The Morgan fingerprint density at radius 1 is 1.15 bits per heavy atom. The van der Waals surface area contributed by atoms with E-state index in [1.54, 1.807) is 13.1 Å². The average molecular weight is 436 g/mol. The van der Waals surface area contributed by atoms with E-state index < -0.39 is 0 Å². The van der Waals surface area contributed by atoms with Crippen LogP contribution in [0.15, 0.2) is 40.2 Å². The van der Waals surface area contributed by atoms with E-state index in [-0.39, 0.29) is 18.4 Å². The van der Waals surface area contributed by atoms with Gasteiger partial charge in [-0.2, -0.15) is 0 Å². The molecule has 0 bridgehead atoms. The largest absolute Gasteiger partial charge is 0.368 e. The van der Waals surface area contributed by atoms with Crippen LogP contribution in [0.1, 0.15) is 15.2 Å². The van der Waals surface area contributed by atoms with Gasteiger partial charge in [0.25, 0.3) is 5.91 Å². The minimum atomic E-state index is -0.118. The van der Waals surface area contributed by atoms with E-state index in [0.717, 1.165) is 16.9 Å². The zero-order valence-electron chi connectivity index (χ0n) is 14.9. The Morgan fingerprint density at radius 2 is 1.88 bits per heavy atom. The maximum atomic E-state index is 12.6. The number of likely N-dealkylation sites (N-methyl/N-ethyl adjacent to an activating group) is 1. The van der Waals surface area contributed by atoms with E-state index in [9.17, 15) is 9.59 Å². The van der Waals surface area contributed by atoms with Crippen LogP contribution in [0.2, 0.25) is 0 Å². The highest BCUT2D eigenvalue weighted by atomic mass is 79.9. The number of anilines is 1. The summed E-state index contributed by atoms with van der Waals surface area (Å²) in [5, 5.41) is 0. The van der Waals surface area contributed by atoms with Gasteiger partial charge < -0.3 is 14.7 Å². The molecule has 0 saturated carbocycles. The molecule has 1 fully saturated rings. The summed E-state index contributed by atoms with van der Waals surface area (Å²) in [5.41, 5.74) is 2.44. The number of carbonyl (C=O) groups excluding carboxylic acids is 2. The fraction of sp³-hybridized carbons (Fsp3) is 0.368. The van der Waals surface area contributed by atoms with Crippen LogP contribution < -0.4 is 4.90 Å². The van der Waals surface area contributed by atoms with Crippen LogP contribution in [0, 0.1) is 6.92 Å². The molecule has 26 heavy (non-hydrogen) atoms. The number of piperazine rings is 1. The van der Waals surface area contributed by atoms with Crippen molar-refractivity contribution in [3.05, 3.63) is 50.6 Å². The molecule has 0 aliphatic carbocycles. The van der Waals surface area contributed by atoms with Gasteiger partial charge in [0.1, 0.15) is 0 Å². The quantitative estimate of drug-likeness (QED) is 0.740. The van der Waals surface area contributed by atoms with Crippen molar-refractivity contribution in [1.29, 1.82) is 0 Å². The lowest BCUT2D eigenvalue weighted by Crippen LogP contribution is -2.51. The first-order valence-electron chi connectivity index (χ1n) is 8.54. The van der Waals surface area contributed by atoms with Gasteiger partial charge in [-0.05, 0) is 52.7 Å². The summed E-state index contributed by atoms with van der Waals surface area (Å²) in [6.45, 7) is 5.18. The van der Waals surface area contributed by atoms with Gasteiger partial charge >= 0.3 is 0 Å². The van der Waals surface area contributed by atoms with Gasteiger partial charge in [0.2, 0.25) is 5.91 Å². The number of nitrogens with zero attached hydrogens (tertiary/aromatic N) is 3. The van der Waals surface area contributed by atoms with Gasteiger partial charge in [0.05, 0.1) is 15.2 Å². The average Bonchev–Trinajstić information content (AvgIpc) is 3.07. The smallest absolute Gasteiger partial charge is 0.264 e. The Balaban J connectivity index is 1.52. The Kier molecular flexibility index (Phi) is 5.98. The summed E-state index contributed by atoms with van der Waals surface area (Å²) < 4.78 is 0.910. The minimum Gasteiger partial charge on any atom is -0.368 e. The predicted molar refractivity (Wildman–Crippen MR) is 109 cm³/mol. The molecule has 0 radical (unpaired) electrons. The Labute approximate surface area is 166 Å². The molecule has 138 valence electrons. The highest BCUT2D eigenvalue weighted by Gasteiger charge is 2.24. The first-order chi connectivity index (χ1) is 12.4. The molecule has 2 aromatic rings. The molecule has 1 aliphatic heterocycles. The molecule has 1 aromatic carbocycles. The number of halogens is 1. The summed E-state index contributed by atoms with van der Waals surface area (Å²) in [6.07, 6.45) is 0. The summed E-state index contributed by atoms with van der Waals surface area (Å²) in [6, 6.07) is 12.0. The van der Waals surface area contributed by atoms with E-state index in [1.165, 1.54) is 27.5 Å². The van der Waals surface area contributed by atoms with Crippen molar-refractivity contribution >= 4 is 44.8 Å². The van der Waals surface area contributed by atoms with Gasteiger partial charge in [0, 0.05) is 38.9 Å². The first kappa shape index (κ1) is 18.9. The van der Waals surface area contributed by atoms with Crippen LogP contribution in [0.3, 0.4) is 0 Å². The molecule has 0 N–H and O–H groups in total. The van der Waals surface area contributed by atoms with Crippen molar-refractivity contribution in [3.63, 3.8) is 0 Å². The maximum Gasteiger partial charge on any atom is 0.264 e. The minimum absolute atomic E-state index is 0.000337. The van der Waals surface area contributed by atoms with E-state index in [2.05, 4.69) is 52.0 Å². The third-order valence-corrected chi connectivity index (χ3v) is 6.11. The Hall–Kier alpha value is -1.86. The third-order valence-electron chi connectivity index (χ3n) is 4.50. The molecule has 1 aliphatic rings. The van der Waals surface area contributed by atoms with Crippen LogP contribution in [-0.4, -0.2) is 61.4 Å². The van der Waals surface area contributed by atoms with Crippen LogP contribution in [0.25, 0.3) is 0 Å². The number of hydrogen-bond acceptors (Lipinski definition) is 4. The zero-order chi connectivity index (χ0) is 18.7. The number of amides is 2. The monoisotopic (exact) mass is 435 g/mol. The van der Waals surface area contributed by atoms with Crippen molar-refractivity contribution in [2.75, 3.05) is 44.7 Å². The van der Waals surface area contributed by atoms with E-state index in [0.29, 0.717) is 18.0 Å². The molecule has 1 aromatic heterocycles. The Morgan fingerprint density at radius 3 is 2.50 bits per heavy atom. The van der Waals surface area contributed by atoms with E-state index in [4.69, 9.17) is 0 Å². The number of rotatable bonds is 4. The summed E-state index contributed by atoms with van der Waals surface area (Å²) >= 11 is 4.74.